The Morgan fingerprint density at radius 2 is 1.84 bits per heavy atom. The summed E-state index contributed by atoms with van der Waals surface area (Å²) >= 11 is 4.84. The zero-order chi connectivity index (χ0) is 22.0. The first-order valence-electron chi connectivity index (χ1n) is 9.30. The van der Waals surface area contributed by atoms with E-state index < -0.39 is 15.7 Å². The third kappa shape index (κ3) is 4.68. The minimum atomic E-state index is -3.88. The van der Waals surface area contributed by atoms with Gasteiger partial charge in [0.05, 0.1) is 24.2 Å². The molecule has 4 rings (SSSR count). The molecule has 3 heterocycles. The predicted molar refractivity (Wildman–Crippen MR) is 120 cm³/mol. The maximum Gasteiger partial charge on any atom is 0.290 e. The average Bonchev–Trinajstić information content (AvgIpc) is 3.50. The van der Waals surface area contributed by atoms with E-state index in [1.807, 2.05) is 18.4 Å². The third-order valence-electron chi connectivity index (χ3n) is 4.70. The van der Waals surface area contributed by atoms with E-state index in [1.165, 1.54) is 24.3 Å². The number of carbonyl (C=O) groups is 1. The molecule has 0 N–H and O–H groups in total. The van der Waals surface area contributed by atoms with E-state index in [0.29, 0.717) is 12.3 Å². The quantitative estimate of drug-likeness (QED) is 0.313. The van der Waals surface area contributed by atoms with E-state index in [-0.39, 0.29) is 22.3 Å². The van der Waals surface area contributed by atoms with Gasteiger partial charge < -0.3 is 13.7 Å². The van der Waals surface area contributed by atoms with Crippen molar-refractivity contribution in [2.24, 2.45) is 0 Å². The fraction of sp³-hybridized carbons (Fsp3) is 0.136. The topological polar surface area (TPSA) is 80.7 Å². The summed E-state index contributed by atoms with van der Waals surface area (Å²) < 4.78 is 37.4. The summed E-state index contributed by atoms with van der Waals surface area (Å²) in [5.74, 6) is 0.162. The molecule has 0 spiro atoms. The van der Waals surface area contributed by atoms with Crippen molar-refractivity contribution >= 4 is 43.0 Å². The van der Waals surface area contributed by atoms with Crippen LogP contribution in [0.2, 0.25) is 0 Å². The minimum absolute atomic E-state index is 0.0450. The molecule has 6 nitrogen and oxygen atoms in total. The molecule has 0 aliphatic rings. The molecule has 0 aliphatic carbocycles. The number of furan rings is 2. The first-order chi connectivity index (χ1) is 14.8. The van der Waals surface area contributed by atoms with Gasteiger partial charge in [0, 0.05) is 9.35 Å². The van der Waals surface area contributed by atoms with E-state index in [4.69, 9.17) is 8.83 Å². The standard InChI is InChI=1S/C22H18BrNO5S2/c1-15-10-12-30-20(15)14-24(13-17-3-2-11-28-17)22(25)19-8-9-21(29-19)31(26,27)18-6-4-16(23)5-7-18/h2-12H,13-14H2,1H3. The molecular formula is C22H18BrNO5S2. The smallest absolute Gasteiger partial charge is 0.290 e. The van der Waals surface area contributed by atoms with E-state index in [0.717, 1.165) is 14.9 Å². The zero-order valence-electron chi connectivity index (χ0n) is 16.4. The van der Waals surface area contributed by atoms with Crippen LogP contribution in [0.1, 0.15) is 26.8 Å². The minimum Gasteiger partial charge on any atom is -0.467 e. The number of hydrogen-bond donors (Lipinski definition) is 0. The number of rotatable bonds is 7. The molecular weight excluding hydrogens is 502 g/mol. The van der Waals surface area contributed by atoms with Crippen LogP contribution >= 0.6 is 27.3 Å². The van der Waals surface area contributed by atoms with E-state index >= 15 is 0 Å². The number of sulfone groups is 1. The van der Waals surface area contributed by atoms with Crippen LogP contribution in [0.3, 0.4) is 0 Å². The average molecular weight is 520 g/mol. The second-order valence-electron chi connectivity index (χ2n) is 6.84. The maximum absolute atomic E-state index is 13.2. The van der Waals surface area contributed by atoms with Gasteiger partial charge in [-0.25, -0.2) is 8.42 Å². The molecule has 0 bridgehead atoms. The van der Waals surface area contributed by atoms with Gasteiger partial charge in [-0.2, -0.15) is 0 Å². The van der Waals surface area contributed by atoms with E-state index in [9.17, 15) is 13.2 Å². The lowest BCUT2D eigenvalue weighted by Gasteiger charge is -2.20. The lowest BCUT2D eigenvalue weighted by Crippen LogP contribution is -2.29. The first-order valence-corrected chi connectivity index (χ1v) is 12.5. The second kappa shape index (κ2) is 8.86. The van der Waals surface area contributed by atoms with Crippen LogP contribution in [0.15, 0.2) is 89.5 Å². The van der Waals surface area contributed by atoms with Gasteiger partial charge in [0.2, 0.25) is 14.9 Å². The van der Waals surface area contributed by atoms with Crippen molar-refractivity contribution in [3.63, 3.8) is 0 Å². The van der Waals surface area contributed by atoms with Crippen LogP contribution in [0.5, 0.6) is 0 Å². The highest BCUT2D eigenvalue weighted by molar-refractivity contribution is 9.10. The zero-order valence-corrected chi connectivity index (χ0v) is 19.7. The van der Waals surface area contributed by atoms with Crippen LogP contribution in [0.25, 0.3) is 0 Å². The van der Waals surface area contributed by atoms with Gasteiger partial charge in [0.15, 0.2) is 5.76 Å². The number of nitrogens with zero attached hydrogens (tertiary/aromatic N) is 1. The van der Waals surface area contributed by atoms with Crippen molar-refractivity contribution in [3.8, 4) is 0 Å². The molecule has 0 saturated heterocycles. The highest BCUT2D eigenvalue weighted by Crippen LogP contribution is 2.26. The molecule has 1 amide bonds. The van der Waals surface area contributed by atoms with Crippen molar-refractivity contribution in [1.29, 1.82) is 0 Å². The van der Waals surface area contributed by atoms with Gasteiger partial charge in [-0.3, -0.25) is 4.79 Å². The second-order valence-corrected chi connectivity index (χ2v) is 10.6. The molecule has 9 heteroatoms. The molecule has 31 heavy (non-hydrogen) atoms. The molecule has 0 aliphatic heterocycles. The molecule has 160 valence electrons. The summed E-state index contributed by atoms with van der Waals surface area (Å²) in [6.07, 6.45) is 1.55. The van der Waals surface area contributed by atoms with E-state index in [1.54, 1.807) is 46.8 Å². The fourth-order valence-electron chi connectivity index (χ4n) is 2.99. The van der Waals surface area contributed by atoms with Gasteiger partial charge in [0.25, 0.3) is 5.91 Å². The number of aryl methyl sites for hydroxylation is 1. The van der Waals surface area contributed by atoms with Crippen LogP contribution < -0.4 is 0 Å². The summed E-state index contributed by atoms with van der Waals surface area (Å²) in [6.45, 7) is 2.58. The summed E-state index contributed by atoms with van der Waals surface area (Å²) in [5.41, 5.74) is 1.08. The molecule has 1 aromatic carbocycles. The van der Waals surface area contributed by atoms with Crippen molar-refractivity contribution in [3.05, 3.63) is 92.7 Å². The molecule has 0 saturated carbocycles. The van der Waals surface area contributed by atoms with Crippen molar-refractivity contribution in [2.75, 3.05) is 0 Å². The Morgan fingerprint density at radius 3 is 2.48 bits per heavy atom. The summed E-state index contributed by atoms with van der Waals surface area (Å²) in [7, 11) is -3.88. The Balaban J connectivity index is 1.62. The van der Waals surface area contributed by atoms with Gasteiger partial charge in [-0.15, -0.1) is 11.3 Å². The van der Waals surface area contributed by atoms with Gasteiger partial charge in [-0.05, 0) is 72.5 Å². The molecule has 0 unspecified atom stereocenters. The molecule has 4 aromatic rings. The van der Waals surface area contributed by atoms with Crippen LogP contribution in [-0.2, 0) is 22.9 Å². The summed E-state index contributed by atoms with van der Waals surface area (Å²) in [5, 5.41) is 1.69. The Morgan fingerprint density at radius 1 is 1.06 bits per heavy atom. The normalized spacial score (nSPS) is 11.5. The Hall–Kier alpha value is -2.62. The molecule has 3 aromatic heterocycles. The number of hydrogen-bond acceptors (Lipinski definition) is 6. The lowest BCUT2D eigenvalue weighted by atomic mass is 10.2. The number of thiophene rings is 1. The number of amides is 1. The maximum atomic E-state index is 13.2. The van der Waals surface area contributed by atoms with Crippen molar-refractivity contribution in [2.45, 2.75) is 30.0 Å². The molecule has 0 radical (unpaired) electrons. The molecule has 0 atom stereocenters. The molecule has 0 fully saturated rings. The Kier molecular flexibility index (Phi) is 6.17. The van der Waals surface area contributed by atoms with Crippen LogP contribution in [0, 0.1) is 6.92 Å². The van der Waals surface area contributed by atoms with Crippen LogP contribution in [0.4, 0.5) is 0 Å². The fourth-order valence-corrected chi connectivity index (χ4v) is 5.35. The highest BCUT2D eigenvalue weighted by atomic mass is 79.9. The largest absolute Gasteiger partial charge is 0.467 e. The van der Waals surface area contributed by atoms with Crippen LogP contribution in [-0.4, -0.2) is 19.2 Å². The predicted octanol–water partition coefficient (Wildman–Crippen LogP) is 5.68. The number of carbonyl (C=O) groups excluding carboxylic acids is 1. The Bertz CT molecular complexity index is 1290. The monoisotopic (exact) mass is 519 g/mol. The number of benzene rings is 1. The number of halogens is 1. The first kappa shape index (κ1) is 21.6. The summed E-state index contributed by atoms with van der Waals surface area (Å²) in [6, 6.07) is 14.5. The van der Waals surface area contributed by atoms with Gasteiger partial charge in [-0.1, -0.05) is 15.9 Å². The van der Waals surface area contributed by atoms with Crippen molar-refractivity contribution in [1.82, 2.24) is 4.90 Å². The van der Waals surface area contributed by atoms with Gasteiger partial charge in [0.1, 0.15) is 5.76 Å². The van der Waals surface area contributed by atoms with Crippen molar-refractivity contribution < 1.29 is 22.0 Å². The van der Waals surface area contributed by atoms with E-state index in [2.05, 4.69) is 15.9 Å². The SMILES string of the molecule is Cc1ccsc1CN(Cc1ccco1)C(=O)c1ccc(S(=O)(=O)c2ccc(Br)cc2)o1. The summed E-state index contributed by atoms with van der Waals surface area (Å²) in [4.78, 5) is 15.9. The van der Waals surface area contributed by atoms with Gasteiger partial charge >= 0.3 is 0 Å². The lowest BCUT2D eigenvalue weighted by molar-refractivity contribution is 0.0681. The Labute approximate surface area is 192 Å². The third-order valence-corrected chi connectivity index (χ3v) is 7.88. The highest BCUT2D eigenvalue weighted by Gasteiger charge is 2.26.